The van der Waals surface area contributed by atoms with E-state index in [0.29, 0.717) is 11.0 Å². The van der Waals surface area contributed by atoms with Crippen LogP contribution in [-0.2, 0) is 16.6 Å². The second kappa shape index (κ2) is 7.63. The number of hydrogen-bond donors (Lipinski definition) is 2. The van der Waals surface area contributed by atoms with E-state index in [4.69, 9.17) is 7.85 Å². The lowest BCUT2D eigenvalue weighted by molar-refractivity contribution is 0.556. The summed E-state index contributed by atoms with van der Waals surface area (Å²) >= 11 is 0. The van der Waals surface area contributed by atoms with Crippen LogP contribution in [0.1, 0.15) is 24.9 Å². The molecule has 126 valence electrons. The zero-order chi connectivity index (χ0) is 17.7. The number of aromatic amines is 1. The molecule has 0 unspecified atom stereocenters. The van der Waals surface area contributed by atoms with Crippen molar-refractivity contribution in [2.45, 2.75) is 25.9 Å². The molecule has 1 heterocycles. The molecule has 24 heavy (non-hydrogen) atoms. The van der Waals surface area contributed by atoms with Gasteiger partial charge in [-0.3, -0.25) is 9.78 Å². The summed E-state index contributed by atoms with van der Waals surface area (Å²) in [4.78, 5) is 24.6. The van der Waals surface area contributed by atoms with Crippen LogP contribution >= 0.6 is 0 Å². The van der Waals surface area contributed by atoms with Crippen LogP contribution in [-0.4, -0.2) is 31.6 Å². The van der Waals surface area contributed by atoms with Crippen molar-refractivity contribution in [2.75, 3.05) is 5.75 Å². The van der Waals surface area contributed by atoms with Crippen molar-refractivity contribution >= 4 is 23.3 Å². The standard InChI is InChI=1S/C15H18BN3O4S/c1-11(12-5-2-3-6-13(12)16)18-24(22,23)10-4-8-19-9-7-14(20)17-15(19)21/h2-3,5-7,9,11,18H,4,8,10H2,1H3,(H,17,20,21)/t11-/m1/s1. The van der Waals surface area contributed by atoms with Gasteiger partial charge in [-0.25, -0.2) is 17.9 Å². The molecule has 0 aliphatic heterocycles. The van der Waals surface area contributed by atoms with Gasteiger partial charge in [0.25, 0.3) is 5.56 Å². The minimum atomic E-state index is -3.53. The quantitative estimate of drug-likeness (QED) is 0.653. The highest BCUT2D eigenvalue weighted by Gasteiger charge is 2.16. The van der Waals surface area contributed by atoms with Gasteiger partial charge < -0.3 is 4.57 Å². The Bertz CT molecular complexity index is 921. The van der Waals surface area contributed by atoms with E-state index in [2.05, 4.69) is 9.71 Å². The fourth-order valence-electron chi connectivity index (χ4n) is 2.34. The van der Waals surface area contributed by atoms with Crippen molar-refractivity contribution in [1.29, 1.82) is 0 Å². The Balaban J connectivity index is 1.95. The van der Waals surface area contributed by atoms with Crippen LogP contribution in [0.4, 0.5) is 0 Å². The maximum atomic E-state index is 12.2. The average molecular weight is 347 g/mol. The lowest BCUT2D eigenvalue weighted by Gasteiger charge is -2.17. The predicted molar refractivity (Wildman–Crippen MR) is 93.1 cm³/mol. The van der Waals surface area contributed by atoms with E-state index >= 15 is 0 Å². The summed E-state index contributed by atoms with van der Waals surface area (Å²) in [6.45, 7) is 1.91. The molecule has 9 heteroatoms. The van der Waals surface area contributed by atoms with E-state index in [-0.39, 0.29) is 18.7 Å². The molecule has 1 atom stereocenters. The second-order valence-electron chi connectivity index (χ2n) is 5.44. The van der Waals surface area contributed by atoms with Crippen LogP contribution < -0.4 is 21.4 Å². The monoisotopic (exact) mass is 347 g/mol. The van der Waals surface area contributed by atoms with Gasteiger partial charge >= 0.3 is 5.69 Å². The molecule has 2 N–H and O–H groups in total. The van der Waals surface area contributed by atoms with E-state index in [0.717, 1.165) is 0 Å². The first-order chi connectivity index (χ1) is 11.3. The normalized spacial score (nSPS) is 12.9. The average Bonchev–Trinajstić information content (AvgIpc) is 2.49. The van der Waals surface area contributed by atoms with Gasteiger partial charge in [0, 0.05) is 24.8 Å². The number of sulfonamides is 1. The maximum absolute atomic E-state index is 12.2. The van der Waals surface area contributed by atoms with Gasteiger partial charge in [0.1, 0.15) is 7.85 Å². The Morgan fingerprint density at radius 2 is 1.96 bits per heavy atom. The number of rotatable bonds is 7. The minimum Gasteiger partial charge on any atom is -0.301 e. The number of hydrogen-bond acceptors (Lipinski definition) is 4. The number of nitrogens with zero attached hydrogens (tertiary/aromatic N) is 1. The molecule has 2 rings (SSSR count). The summed E-state index contributed by atoms with van der Waals surface area (Å²) in [5, 5.41) is 0. The van der Waals surface area contributed by atoms with Crippen LogP contribution in [0.25, 0.3) is 0 Å². The zero-order valence-corrected chi connectivity index (χ0v) is 14.0. The van der Waals surface area contributed by atoms with Crippen LogP contribution in [0, 0.1) is 0 Å². The van der Waals surface area contributed by atoms with Gasteiger partial charge in [0.15, 0.2) is 0 Å². The Kier molecular flexibility index (Phi) is 5.79. The first-order valence-corrected chi connectivity index (χ1v) is 9.08. The van der Waals surface area contributed by atoms with E-state index in [1.165, 1.54) is 16.8 Å². The van der Waals surface area contributed by atoms with Crippen molar-refractivity contribution in [2.24, 2.45) is 0 Å². The predicted octanol–water partition coefficient (Wildman–Crippen LogP) is -0.599. The lowest BCUT2D eigenvalue weighted by Crippen LogP contribution is -2.33. The lowest BCUT2D eigenvalue weighted by atomic mass is 9.88. The van der Waals surface area contributed by atoms with Crippen molar-refractivity contribution in [3.05, 3.63) is 62.9 Å². The highest BCUT2D eigenvalue weighted by atomic mass is 32.2. The van der Waals surface area contributed by atoms with Crippen LogP contribution in [0.2, 0.25) is 0 Å². The Labute approximate surface area is 141 Å². The molecular formula is C15H18BN3O4S. The van der Waals surface area contributed by atoms with Crippen molar-refractivity contribution < 1.29 is 8.42 Å². The van der Waals surface area contributed by atoms with E-state index in [1.54, 1.807) is 31.2 Å². The van der Waals surface area contributed by atoms with E-state index in [9.17, 15) is 18.0 Å². The third-order valence-corrected chi connectivity index (χ3v) is 5.07. The highest BCUT2D eigenvalue weighted by Crippen LogP contribution is 2.10. The van der Waals surface area contributed by atoms with Gasteiger partial charge in [0.2, 0.25) is 10.0 Å². The third kappa shape index (κ3) is 4.94. The zero-order valence-electron chi connectivity index (χ0n) is 13.2. The van der Waals surface area contributed by atoms with Crippen molar-refractivity contribution in [3.63, 3.8) is 0 Å². The Hall–Kier alpha value is -2.13. The van der Waals surface area contributed by atoms with Crippen molar-refractivity contribution in [3.8, 4) is 0 Å². The van der Waals surface area contributed by atoms with Gasteiger partial charge in [-0.05, 0) is 18.9 Å². The van der Waals surface area contributed by atoms with E-state index < -0.39 is 27.3 Å². The van der Waals surface area contributed by atoms with Crippen LogP contribution in [0.5, 0.6) is 0 Å². The second-order valence-corrected chi connectivity index (χ2v) is 7.32. The number of aromatic nitrogens is 2. The number of benzene rings is 1. The SMILES string of the molecule is [B]c1ccccc1[C@@H](C)NS(=O)(=O)CCCn1ccc(=O)[nH]c1=O. The molecule has 7 nitrogen and oxygen atoms in total. The first kappa shape index (κ1) is 18.2. The molecule has 0 bridgehead atoms. The molecule has 0 saturated heterocycles. The topological polar surface area (TPSA) is 101 Å². The van der Waals surface area contributed by atoms with Crippen LogP contribution in [0.15, 0.2) is 46.1 Å². The maximum Gasteiger partial charge on any atom is 0.328 e. The third-order valence-electron chi connectivity index (χ3n) is 3.53. The summed E-state index contributed by atoms with van der Waals surface area (Å²) in [6, 6.07) is 7.81. The largest absolute Gasteiger partial charge is 0.328 e. The molecule has 1 aromatic carbocycles. The molecule has 2 radical (unpaired) electrons. The molecular weight excluding hydrogens is 329 g/mol. The summed E-state index contributed by atoms with van der Waals surface area (Å²) in [6.07, 6.45) is 1.58. The molecule has 0 fully saturated rings. The summed E-state index contributed by atoms with van der Waals surface area (Å²) in [5.41, 5.74) is 0.184. The molecule has 0 aliphatic carbocycles. The van der Waals surface area contributed by atoms with Crippen LogP contribution in [0.3, 0.4) is 0 Å². The Morgan fingerprint density at radius 3 is 2.62 bits per heavy atom. The van der Waals surface area contributed by atoms with Gasteiger partial charge in [-0.2, -0.15) is 0 Å². The number of nitrogens with one attached hydrogen (secondary N) is 2. The molecule has 0 amide bonds. The smallest absolute Gasteiger partial charge is 0.301 e. The van der Waals surface area contributed by atoms with Gasteiger partial charge in [0.05, 0.1) is 5.75 Å². The fraction of sp³-hybridized carbons (Fsp3) is 0.333. The molecule has 0 spiro atoms. The fourth-order valence-corrected chi connectivity index (χ4v) is 3.63. The minimum absolute atomic E-state index is 0.143. The molecule has 2 aromatic rings. The molecule has 1 aromatic heterocycles. The van der Waals surface area contributed by atoms with Gasteiger partial charge in [-0.1, -0.05) is 29.7 Å². The van der Waals surface area contributed by atoms with Crippen molar-refractivity contribution in [1.82, 2.24) is 14.3 Å². The molecule has 0 aliphatic rings. The molecule has 0 saturated carbocycles. The van der Waals surface area contributed by atoms with Gasteiger partial charge in [-0.15, -0.1) is 0 Å². The summed E-state index contributed by atoms with van der Waals surface area (Å²) in [7, 11) is 2.31. The Morgan fingerprint density at radius 1 is 1.25 bits per heavy atom. The first-order valence-electron chi connectivity index (χ1n) is 7.43. The van der Waals surface area contributed by atoms with E-state index in [1.807, 2.05) is 0 Å². The number of H-pyrrole nitrogens is 1. The summed E-state index contributed by atoms with van der Waals surface area (Å²) < 4.78 is 28.1. The number of aryl methyl sites for hydroxylation is 1. The highest BCUT2D eigenvalue weighted by molar-refractivity contribution is 7.89. The summed E-state index contributed by atoms with van der Waals surface area (Å²) in [5.74, 6) is -0.143.